The maximum absolute atomic E-state index is 12.2. The number of aldehydes is 1. The molecule has 0 aromatic heterocycles. The maximum atomic E-state index is 12.2. The number of nitrogens with two attached hydrogens (primary N) is 2. The molecule has 1 aliphatic carbocycles. The van der Waals surface area contributed by atoms with Crippen molar-refractivity contribution in [2.75, 3.05) is 0 Å². The summed E-state index contributed by atoms with van der Waals surface area (Å²) < 4.78 is 5.04. The van der Waals surface area contributed by atoms with E-state index in [2.05, 4.69) is 5.32 Å². The Morgan fingerprint density at radius 2 is 2.00 bits per heavy atom. The van der Waals surface area contributed by atoms with E-state index in [4.69, 9.17) is 16.2 Å². The Labute approximate surface area is 144 Å². The highest BCUT2D eigenvalue weighted by Crippen LogP contribution is 2.28. The van der Waals surface area contributed by atoms with Crippen molar-refractivity contribution in [1.29, 1.82) is 0 Å². The Bertz CT molecular complexity index is 645. The van der Waals surface area contributed by atoms with Crippen LogP contribution in [-0.4, -0.2) is 35.4 Å². The van der Waals surface area contributed by atoms with Gasteiger partial charge in [-0.15, -0.1) is 0 Å². The number of carbonyl (C=O) groups is 2. The topological polar surface area (TPSA) is 151 Å². The number of rotatable bonds is 7. The van der Waals surface area contributed by atoms with Crippen LogP contribution in [0, 0.1) is 10.1 Å². The molecule has 1 saturated carbocycles. The van der Waals surface area contributed by atoms with E-state index in [1.165, 1.54) is 12.5 Å². The highest BCUT2D eigenvalue weighted by molar-refractivity contribution is 5.82. The smallest absolute Gasteiger partial charge is 0.331 e. The summed E-state index contributed by atoms with van der Waals surface area (Å²) in [4.78, 5) is 33.3. The molecule has 1 aromatic carbocycles. The predicted octanol–water partition coefficient (Wildman–Crippen LogP) is 0.847. The lowest BCUT2D eigenvalue weighted by Crippen LogP contribution is -2.59. The number of nitrogens with one attached hydrogen (secondary N) is 1. The van der Waals surface area contributed by atoms with Crippen molar-refractivity contribution in [2.45, 2.75) is 50.4 Å². The number of esters is 1. The molecule has 9 heteroatoms. The molecular formula is C16H22N4O5. The van der Waals surface area contributed by atoms with Crippen LogP contribution < -0.4 is 21.5 Å². The van der Waals surface area contributed by atoms with Crippen molar-refractivity contribution in [3.05, 3.63) is 33.9 Å². The Morgan fingerprint density at radius 3 is 2.60 bits per heavy atom. The fourth-order valence-corrected chi connectivity index (χ4v) is 2.80. The number of carbonyl (C=O) groups excluding carboxylic acids is 2. The molecule has 0 heterocycles. The summed E-state index contributed by atoms with van der Waals surface area (Å²) >= 11 is 0. The van der Waals surface area contributed by atoms with Crippen molar-refractivity contribution >= 4 is 17.9 Å². The lowest BCUT2D eigenvalue weighted by Gasteiger charge is -2.28. The molecule has 2 atom stereocenters. The Morgan fingerprint density at radius 1 is 1.32 bits per heavy atom. The molecule has 25 heavy (non-hydrogen) atoms. The summed E-state index contributed by atoms with van der Waals surface area (Å²) in [6.45, 7) is 0. The maximum Gasteiger partial charge on any atom is 0.331 e. The van der Waals surface area contributed by atoms with Gasteiger partial charge < -0.3 is 16.2 Å². The van der Waals surface area contributed by atoms with Gasteiger partial charge in [0.1, 0.15) is 12.3 Å². The fourth-order valence-electron chi connectivity index (χ4n) is 2.80. The van der Waals surface area contributed by atoms with Crippen LogP contribution in [0.5, 0.6) is 5.75 Å². The molecule has 2 rings (SSSR count). The third kappa shape index (κ3) is 5.05. The van der Waals surface area contributed by atoms with Gasteiger partial charge in [0.15, 0.2) is 0 Å². The van der Waals surface area contributed by atoms with E-state index in [9.17, 15) is 19.7 Å². The monoisotopic (exact) mass is 350 g/mol. The Hall–Kier alpha value is -2.36. The number of ether oxygens (including phenoxy) is 1. The van der Waals surface area contributed by atoms with Gasteiger partial charge in [-0.25, -0.2) is 4.79 Å². The van der Waals surface area contributed by atoms with Gasteiger partial charge >= 0.3 is 11.7 Å². The fraction of sp³-hybridized carbons (Fsp3) is 0.500. The summed E-state index contributed by atoms with van der Waals surface area (Å²) in [7, 11) is 0. The van der Waals surface area contributed by atoms with Crippen LogP contribution >= 0.6 is 0 Å². The average Bonchev–Trinajstić information content (AvgIpc) is 2.61. The average molecular weight is 350 g/mol. The highest BCUT2D eigenvalue weighted by atomic mass is 16.6. The molecule has 0 spiro atoms. The zero-order chi connectivity index (χ0) is 18.4. The first-order valence-electron chi connectivity index (χ1n) is 8.15. The largest absolute Gasteiger partial charge is 0.418 e. The molecule has 0 amide bonds. The standard InChI is InChI=1S/C16H22N4O5/c17-14(15(18)19-11-4-2-1-3-5-11)16(22)25-13-8-10(9-21)6-7-12(13)20(23)24/h6-9,11,14-15,19H,1-5,17-18H2. The third-order valence-corrected chi connectivity index (χ3v) is 4.22. The SMILES string of the molecule is NC(NC1CCCCC1)C(N)C(=O)Oc1cc(C=O)ccc1[N+](=O)[O-]. The Balaban J connectivity index is 2.04. The van der Waals surface area contributed by atoms with Gasteiger partial charge in [-0.05, 0) is 25.0 Å². The van der Waals surface area contributed by atoms with Crippen LogP contribution in [0.25, 0.3) is 0 Å². The van der Waals surface area contributed by atoms with Crippen LogP contribution in [0.15, 0.2) is 18.2 Å². The van der Waals surface area contributed by atoms with Crippen LogP contribution in [0.4, 0.5) is 5.69 Å². The van der Waals surface area contributed by atoms with Gasteiger partial charge in [0.25, 0.3) is 0 Å². The molecule has 1 fully saturated rings. The van der Waals surface area contributed by atoms with Crippen molar-refractivity contribution in [3.63, 3.8) is 0 Å². The summed E-state index contributed by atoms with van der Waals surface area (Å²) in [5.74, 6) is -1.23. The second-order valence-corrected chi connectivity index (χ2v) is 6.08. The molecule has 0 bridgehead atoms. The van der Waals surface area contributed by atoms with Gasteiger partial charge in [0, 0.05) is 17.7 Å². The summed E-state index contributed by atoms with van der Waals surface area (Å²) in [5.41, 5.74) is 11.5. The minimum Gasteiger partial charge on any atom is -0.418 e. The molecule has 0 radical (unpaired) electrons. The molecule has 5 N–H and O–H groups in total. The molecule has 1 aromatic rings. The van der Waals surface area contributed by atoms with E-state index in [-0.39, 0.29) is 17.4 Å². The van der Waals surface area contributed by atoms with Crippen LogP contribution in [0.1, 0.15) is 42.5 Å². The third-order valence-electron chi connectivity index (χ3n) is 4.22. The van der Waals surface area contributed by atoms with Crippen molar-refractivity contribution in [1.82, 2.24) is 5.32 Å². The number of benzene rings is 1. The first-order valence-corrected chi connectivity index (χ1v) is 8.15. The van der Waals surface area contributed by atoms with Gasteiger partial charge in [0.2, 0.25) is 5.75 Å². The predicted molar refractivity (Wildman–Crippen MR) is 90.1 cm³/mol. The quantitative estimate of drug-likeness (QED) is 0.163. The van der Waals surface area contributed by atoms with Gasteiger partial charge in [0.05, 0.1) is 11.1 Å². The van der Waals surface area contributed by atoms with E-state index in [1.54, 1.807) is 0 Å². The molecule has 0 aliphatic heterocycles. The minimum atomic E-state index is -1.19. The zero-order valence-corrected chi connectivity index (χ0v) is 13.7. The van der Waals surface area contributed by atoms with E-state index < -0.39 is 28.8 Å². The van der Waals surface area contributed by atoms with Gasteiger partial charge in [-0.3, -0.25) is 20.2 Å². The zero-order valence-electron chi connectivity index (χ0n) is 13.7. The number of hydrogen-bond acceptors (Lipinski definition) is 8. The minimum absolute atomic E-state index is 0.145. The Kier molecular flexibility index (Phi) is 6.57. The van der Waals surface area contributed by atoms with Gasteiger partial charge in [-0.1, -0.05) is 19.3 Å². The number of nitrogens with zero attached hydrogens (tertiary/aromatic N) is 1. The molecule has 1 aliphatic rings. The van der Waals surface area contributed by atoms with Crippen molar-refractivity contribution in [2.24, 2.45) is 11.5 Å². The van der Waals surface area contributed by atoms with Crippen molar-refractivity contribution < 1.29 is 19.2 Å². The normalized spacial score (nSPS) is 17.5. The van der Waals surface area contributed by atoms with E-state index >= 15 is 0 Å². The summed E-state index contributed by atoms with van der Waals surface area (Å²) in [6.07, 6.45) is 4.95. The highest BCUT2D eigenvalue weighted by Gasteiger charge is 2.28. The van der Waals surface area contributed by atoms with E-state index in [1.807, 2.05) is 0 Å². The lowest BCUT2D eigenvalue weighted by molar-refractivity contribution is -0.385. The second kappa shape index (κ2) is 8.65. The second-order valence-electron chi connectivity index (χ2n) is 6.08. The molecule has 136 valence electrons. The van der Waals surface area contributed by atoms with Crippen LogP contribution in [0.3, 0.4) is 0 Å². The van der Waals surface area contributed by atoms with Crippen LogP contribution in [-0.2, 0) is 4.79 Å². The number of nitro groups is 1. The molecule has 2 unspecified atom stereocenters. The first kappa shape index (κ1) is 19.0. The summed E-state index contributed by atoms with van der Waals surface area (Å²) in [5, 5.41) is 14.1. The first-order chi connectivity index (χ1) is 11.9. The lowest BCUT2D eigenvalue weighted by atomic mass is 9.95. The molecule has 0 saturated heterocycles. The number of hydrogen-bond donors (Lipinski definition) is 3. The van der Waals surface area contributed by atoms with Crippen LogP contribution in [0.2, 0.25) is 0 Å². The molecule has 9 nitrogen and oxygen atoms in total. The number of nitro benzene ring substituents is 1. The summed E-state index contributed by atoms with van der Waals surface area (Å²) in [6, 6.07) is 2.48. The van der Waals surface area contributed by atoms with E-state index in [0.717, 1.165) is 37.8 Å². The van der Waals surface area contributed by atoms with Crippen molar-refractivity contribution in [3.8, 4) is 5.75 Å². The molecular weight excluding hydrogens is 328 g/mol. The van der Waals surface area contributed by atoms with E-state index in [0.29, 0.717) is 6.29 Å². The van der Waals surface area contributed by atoms with Gasteiger partial charge in [-0.2, -0.15) is 0 Å².